The number of phenols is 2. The second-order valence-corrected chi connectivity index (χ2v) is 16.1. The molecule has 2 spiro atoms. The standard InChI is InChI=1S/C21H25NO3.C19H21NO3/c1-12-6-7-21(24)16-10-14-4-5-15(23)18-17(14)20(21,19(12)25-18)8-9-22(16)11-13-2-3-13;1-2-8-20-9-7-19-12-4-6-15(22)18(19)23-17-14(21)5-3-11(16(17)19)10-13(12)20/h4-5,13,16,19,23-24H,1-3,6-11H2;2-6,12-13,15,18,21-22H,1,7-10H2/t16-,19+,20+,21-;12-,13+,15-,18-,19-/m10/s1. The maximum absolute atomic E-state index is 12.1. The van der Waals surface area contributed by atoms with Crippen LogP contribution in [0.1, 0.15) is 60.8 Å². The number of phenolic OH excluding ortho intramolecular Hbond substituents is 2. The number of nitrogens with zero attached hydrogens (tertiary/aromatic N) is 2. The Morgan fingerprint density at radius 3 is 2.38 bits per heavy atom. The highest BCUT2D eigenvalue weighted by Gasteiger charge is 2.72. The van der Waals surface area contributed by atoms with Gasteiger partial charge in [0.05, 0.1) is 11.0 Å². The largest absolute Gasteiger partial charge is 0.504 e. The predicted octanol–water partition coefficient (Wildman–Crippen LogP) is 4.27. The molecule has 5 aliphatic carbocycles. The molecule has 0 unspecified atom stereocenters. The van der Waals surface area contributed by atoms with Gasteiger partial charge in [0.25, 0.3) is 0 Å². The van der Waals surface area contributed by atoms with Gasteiger partial charge < -0.3 is 29.9 Å². The molecule has 0 aromatic heterocycles. The monoisotopic (exact) mass is 650 g/mol. The zero-order chi connectivity index (χ0) is 32.7. The summed E-state index contributed by atoms with van der Waals surface area (Å²) in [5.74, 6) is 2.76. The third kappa shape index (κ3) is 3.55. The van der Waals surface area contributed by atoms with E-state index in [0.717, 1.165) is 87.3 Å². The Morgan fingerprint density at radius 1 is 0.896 bits per heavy atom. The van der Waals surface area contributed by atoms with E-state index in [9.17, 15) is 20.4 Å². The summed E-state index contributed by atoms with van der Waals surface area (Å²) in [5, 5.41) is 43.3. The van der Waals surface area contributed by atoms with E-state index in [0.29, 0.717) is 23.5 Å². The van der Waals surface area contributed by atoms with Gasteiger partial charge in [0.2, 0.25) is 0 Å². The molecular weight excluding hydrogens is 604 g/mol. The fourth-order valence-corrected chi connectivity index (χ4v) is 11.9. The van der Waals surface area contributed by atoms with Crippen LogP contribution in [0.3, 0.4) is 0 Å². The van der Waals surface area contributed by atoms with Gasteiger partial charge in [-0.3, -0.25) is 9.80 Å². The van der Waals surface area contributed by atoms with Crippen LogP contribution in [0.25, 0.3) is 0 Å². The molecule has 11 rings (SSSR count). The van der Waals surface area contributed by atoms with E-state index in [4.69, 9.17) is 9.47 Å². The van der Waals surface area contributed by atoms with Crippen molar-refractivity contribution in [2.45, 2.75) is 98.2 Å². The zero-order valence-electron chi connectivity index (χ0n) is 27.5. The average molecular weight is 651 g/mol. The quantitative estimate of drug-likeness (QED) is 0.364. The first-order valence-electron chi connectivity index (χ1n) is 18.1. The Balaban J connectivity index is 0.000000124. The van der Waals surface area contributed by atoms with Crippen LogP contribution in [0.15, 0.2) is 61.2 Å². The van der Waals surface area contributed by atoms with Crippen molar-refractivity contribution in [3.8, 4) is 23.0 Å². The summed E-state index contributed by atoms with van der Waals surface area (Å²) >= 11 is 0. The van der Waals surface area contributed by atoms with Crippen LogP contribution >= 0.6 is 0 Å². The molecule has 2 saturated heterocycles. The lowest BCUT2D eigenvalue weighted by atomic mass is 9.48. The van der Waals surface area contributed by atoms with Gasteiger partial charge in [0, 0.05) is 47.6 Å². The molecule has 4 aliphatic heterocycles. The second-order valence-electron chi connectivity index (χ2n) is 16.1. The zero-order valence-corrected chi connectivity index (χ0v) is 27.5. The van der Waals surface area contributed by atoms with Crippen LogP contribution in [0.4, 0.5) is 0 Å². The highest BCUT2D eigenvalue weighted by atomic mass is 16.5. The SMILES string of the molecule is C=C1CC[C@@]2(O)[C@H]3Cc4ccc(O)c5c4[C@@]2(CCN3CC2CC2)[C@H]1O5.C=CCN1CC[C@]23c4c5ccc(O)c4O[C@H]2[C@@H](O)C=C[C@H]3[C@H]1C5. The van der Waals surface area contributed by atoms with E-state index in [2.05, 4.69) is 29.0 Å². The maximum atomic E-state index is 12.1. The van der Waals surface area contributed by atoms with Crippen LogP contribution in [-0.4, -0.2) is 92.4 Å². The molecule has 4 bridgehead atoms. The van der Waals surface area contributed by atoms with Crippen LogP contribution in [0, 0.1) is 11.8 Å². The van der Waals surface area contributed by atoms with Crippen LogP contribution in [0.5, 0.6) is 23.0 Å². The summed E-state index contributed by atoms with van der Waals surface area (Å²) in [6.07, 6.45) is 12.8. The average Bonchev–Trinajstić information content (AvgIpc) is 3.71. The van der Waals surface area contributed by atoms with Gasteiger partial charge >= 0.3 is 0 Å². The number of hydrogen-bond acceptors (Lipinski definition) is 8. The van der Waals surface area contributed by atoms with E-state index in [1.807, 2.05) is 24.3 Å². The first-order chi connectivity index (χ1) is 23.2. The molecule has 252 valence electrons. The third-order valence-corrected chi connectivity index (χ3v) is 14.1. The number of hydrogen-bond donors (Lipinski definition) is 4. The molecule has 9 atom stereocenters. The topological polar surface area (TPSA) is 106 Å². The minimum absolute atomic E-state index is 0.157. The van der Waals surface area contributed by atoms with Crippen LogP contribution < -0.4 is 9.47 Å². The van der Waals surface area contributed by atoms with E-state index in [-0.39, 0.29) is 35.2 Å². The van der Waals surface area contributed by atoms with Gasteiger partial charge in [-0.25, -0.2) is 0 Å². The molecule has 2 aromatic rings. The van der Waals surface area contributed by atoms with Gasteiger partial charge in [-0.05, 0) is 99.2 Å². The minimum Gasteiger partial charge on any atom is -0.504 e. The number of ether oxygens (including phenoxy) is 2. The second kappa shape index (κ2) is 9.90. The van der Waals surface area contributed by atoms with Crippen molar-refractivity contribution in [1.29, 1.82) is 0 Å². The fourth-order valence-electron chi connectivity index (χ4n) is 11.9. The fraction of sp³-hybridized carbons (Fsp3) is 0.550. The van der Waals surface area contributed by atoms with Crippen LogP contribution in [0.2, 0.25) is 0 Å². The highest BCUT2D eigenvalue weighted by molar-refractivity contribution is 5.64. The molecule has 48 heavy (non-hydrogen) atoms. The smallest absolute Gasteiger partial charge is 0.166 e. The van der Waals surface area contributed by atoms with E-state index in [1.165, 1.54) is 24.0 Å². The summed E-state index contributed by atoms with van der Waals surface area (Å²) in [6.45, 7) is 12.2. The number of aliphatic hydroxyl groups is 2. The third-order valence-electron chi connectivity index (χ3n) is 14.1. The van der Waals surface area contributed by atoms with E-state index >= 15 is 0 Å². The Hall–Kier alpha value is -3.30. The molecule has 0 radical (unpaired) electrons. The predicted molar refractivity (Wildman–Crippen MR) is 181 cm³/mol. The van der Waals surface area contributed by atoms with Crippen molar-refractivity contribution in [2.75, 3.05) is 26.2 Å². The summed E-state index contributed by atoms with van der Waals surface area (Å²) in [6, 6.07) is 8.13. The minimum atomic E-state index is -0.780. The van der Waals surface area contributed by atoms with Crippen LogP contribution in [-0.2, 0) is 23.7 Å². The lowest BCUT2D eigenvalue weighted by Crippen LogP contribution is -2.75. The van der Waals surface area contributed by atoms with Crippen molar-refractivity contribution >= 4 is 0 Å². The Morgan fingerprint density at radius 2 is 1.62 bits per heavy atom. The molecule has 4 heterocycles. The number of benzene rings is 2. The summed E-state index contributed by atoms with van der Waals surface area (Å²) in [7, 11) is 0. The lowest BCUT2D eigenvalue weighted by Gasteiger charge is -2.63. The molecule has 0 amide bonds. The number of aliphatic hydroxyl groups excluding tert-OH is 1. The normalized spacial score (nSPS) is 40.6. The van der Waals surface area contributed by atoms with Gasteiger partial charge in [-0.1, -0.05) is 36.9 Å². The summed E-state index contributed by atoms with van der Waals surface area (Å²) < 4.78 is 12.4. The van der Waals surface area contributed by atoms with Crippen molar-refractivity contribution in [2.24, 2.45) is 11.8 Å². The number of aromatic hydroxyl groups is 2. The molecular formula is C40H46N2O6. The molecule has 9 aliphatic rings. The molecule has 2 aromatic carbocycles. The van der Waals surface area contributed by atoms with Gasteiger partial charge in [-0.2, -0.15) is 0 Å². The number of rotatable bonds is 4. The highest BCUT2D eigenvalue weighted by Crippen LogP contribution is 2.66. The summed E-state index contributed by atoms with van der Waals surface area (Å²) in [4.78, 5) is 5.05. The lowest BCUT2D eigenvalue weighted by molar-refractivity contribution is -0.174. The molecule has 4 fully saturated rings. The molecule has 4 N–H and O–H groups in total. The Bertz CT molecular complexity index is 1780. The van der Waals surface area contributed by atoms with Crippen molar-refractivity contribution < 1.29 is 29.9 Å². The van der Waals surface area contributed by atoms with Crippen molar-refractivity contribution in [1.82, 2.24) is 9.80 Å². The van der Waals surface area contributed by atoms with E-state index in [1.54, 1.807) is 12.1 Å². The first kappa shape index (κ1) is 29.6. The number of piperidine rings is 2. The Labute approximate surface area is 282 Å². The summed E-state index contributed by atoms with van der Waals surface area (Å²) in [5.41, 5.74) is 4.43. The molecule has 8 nitrogen and oxygen atoms in total. The maximum Gasteiger partial charge on any atom is 0.166 e. The van der Waals surface area contributed by atoms with E-state index < -0.39 is 17.1 Å². The first-order valence-corrected chi connectivity index (χ1v) is 18.1. The van der Waals surface area contributed by atoms with Gasteiger partial charge in [0.1, 0.15) is 18.3 Å². The van der Waals surface area contributed by atoms with Gasteiger partial charge in [-0.15, -0.1) is 6.58 Å². The van der Waals surface area contributed by atoms with Crippen molar-refractivity contribution in [3.63, 3.8) is 0 Å². The molecule has 8 heteroatoms. The molecule has 2 saturated carbocycles. The number of likely N-dealkylation sites (tertiary alicyclic amines) is 2. The van der Waals surface area contributed by atoms with Crippen molar-refractivity contribution in [3.05, 3.63) is 83.5 Å². The van der Waals surface area contributed by atoms with Gasteiger partial charge in [0.15, 0.2) is 23.0 Å². The Kier molecular flexibility index (Phi) is 6.11.